The Morgan fingerprint density at radius 1 is 0.963 bits per heavy atom. The Morgan fingerprint density at radius 3 is 2.37 bits per heavy atom. The highest BCUT2D eigenvalue weighted by Gasteiger charge is 2.09. The van der Waals surface area contributed by atoms with Crippen molar-refractivity contribution in [3.63, 3.8) is 0 Å². The maximum Gasteiger partial charge on any atom is 0.234 e. The van der Waals surface area contributed by atoms with Gasteiger partial charge in [0.25, 0.3) is 0 Å². The number of rotatable bonds is 7. The minimum Gasteiger partial charge on any atom is -0.545 e. The molecular formula is C20H15N2O4S-. The second kappa shape index (κ2) is 8.86. The van der Waals surface area contributed by atoms with Crippen molar-refractivity contribution < 1.29 is 19.4 Å². The number of para-hydroxylation sites is 1. The van der Waals surface area contributed by atoms with Gasteiger partial charge < -0.3 is 20.0 Å². The molecule has 2 aromatic carbocycles. The third-order valence-electron chi connectivity index (χ3n) is 3.45. The Morgan fingerprint density at radius 2 is 1.67 bits per heavy atom. The largest absolute Gasteiger partial charge is 0.545 e. The first-order valence-electron chi connectivity index (χ1n) is 8.04. The van der Waals surface area contributed by atoms with Gasteiger partial charge in [-0.2, -0.15) is 0 Å². The summed E-state index contributed by atoms with van der Waals surface area (Å²) in [5, 5.41) is 14.0. The summed E-state index contributed by atoms with van der Waals surface area (Å²) in [5.41, 5.74) is 0.583. The van der Waals surface area contributed by atoms with Crippen molar-refractivity contribution in [3.05, 3.63) is 78.5 Å². The number of aromatic carboxylic acids is 1. The van der Waals surface area contributed by atoms with E-state index in [4.69, 9.17) is 4.74 Å². The molecule has 1 aromatic heterocycles. The minimum atomic E-state index is -1.32. The van der Waals surface area contributed by atoms with Gasteiger partial charge in [-0.1, -0.05) is 30.0 Å². The summed E-state index contributed by atoms with van der Waals surface area (Å²) in [6.45, 7) is 0. The van der Waals surface area contributed by atoms with Crippen LogP contribution in [-0.4, -0.2) is 22.6 Å². The molecule has 3 aromatic rings. The Bertz CT molecular complexity index is 930. The third-order valence-corrected chi connectivity index (χ3v) is 4.45. The van der Waals surface area contributed by atoms with Gasteiger partial charge in [-0.25, -0.2) is 4.98 Å². The molecule has 136 valence electrons. The molecule has 0 spiro atoms. The molecule has 0 atom stereocenters. The van der Waals surface area contributed by atoms with E-state index in [1.165, 1.54) is 18.3 Å². The zero-order valence-corrected chi connectivity index (χ0v) is 14.9. The number of nitrogens with zero attached hydrogens (tertiary/aromatic N) is 1. The summed E-state index contributed by atoms with van der Waals surface area (Å²) in [5.74, 6) is -0.184. The summed E-state index contributed by atoms with van der Waals surface area (Å²) in [4.78, 5) is 27.1. The molecule has 7 heteroatoms. The Balaban J connectivity index is 1.54. The first-order chi connectivity index (χ1) is 13.1. The van der Waals surface area contributed by atoms with Gasteiger partial charge in [0.05, 0.1) is 11.7 Å². The lowest BCUT2D eigenvalue weighted by Gasteiger charge is -2.09. The quantitative estimate of drug-likeness (QED) is 0.635. The molecule has 3 rings (SSSR count). The van der Waals surface area contributed by atoms with Crippen molar-refractivity contribution in [2.75, 3.05) is 11.1 Å². The fraction of sp³-hybridized carbons (Fsp3) is 0.0500. The zero-order chi connectivity index (χ0) is 19.1. The molecule has 0 radical (unpaired) electrons. The van der Waals surface area contributed by atoms with E-state index in [9.17, 15) is 14.7 Å². The number of thioether (sulfide) groups is 1. The van der Waals surface area contributed by atoms with E-state index in [1.54, 1.807) is 24.3 Å². The van der Waals surface area contributed by atoms with Crippen molar-refractivity contribution >= 4 is 29.3 Å². The minimum absolute atomic E-state index is 0.0273. The van der Waals surface area contributed by atoms with Crippen LogP contribution in [0.3, 0.4) is 0 Å². The molecule has 0 aliphatic carbocycles. The zero-order valence-electron chi connectivity index (χ0n) is 14.1. The second-order valence-corrected chi connectivity index (χ2v) is 6.38. The van der Waals surface area contributed by atoms with E-state index in [-0.39, 0.29) is 22.2 Å². The molecular weight excluding hydrogens is 364 g/mol. The fourth-order valence-electron chi connectivity index (χ4n) is 2.22. The first kappa shape index (κ1) is 18.5. The van der Waals surface area contributed by atoms with Gasteiger partial charge >= 0.3 is 0 Å². The van der Waals surface area contributed by atoms with Crippen LogP contribution >= 0.6 is 11.8 Å². The number of aromatic nitrogens is 1. The molecule has 6 nitrogen and oxygen atoms in total. The molecule has 0 bridgehead atoms. The molecule has 0 aliphatic rings. The topological polar surface area (TPSA) is 91.4 Å². The summed E-state index contributed by atoms with van der Waals surface area (Å²) in [6.07, 6.45) is 1.47. The Hall–Kier alpha value is -3.32. The number of hydrogen-bond acceptors (Lipinski definition) is 6. The normalized spacial score (nSPS) is 10.2. The van der Waals surface area contributed by atoms with Gasteiger partial charge in [0.2, 0.25) is 5.91 Å². The first-order valence-corrected chi connectivity index (χ1v) is 9.02. The van der Waals surface area contributed by atoms with Crippen LogP contribution in [0.5, 0.6) is 11.5 Å². The van der Waals surface area contributed by atoms with Crippen LogP contribution < -0.4 is 15.2 Å². The highest BCUT2D eigenvalue weighted by molar-refractivity contribution is 8.00. The number of pyridine rings is 1. The maximum atomic E-state index is 12.1. The third kappa shape index (κ3) is 5.32. The summed E-state index contributed by atoms with van der Waals surface area (Å²) >= 11 is 1.04. The van der Waals surface area contributed by atoms with Crippen LogP contribution in [0.4, 0.5) is 5.69 Å². The number of carbonyl (C=O) groups is 2. The number of ether oxygens (including phenoxy) is 1. The van der Waals surface area contributed by atoms with Gasteiger partial charge in [0, 0.05) is 17.4 Å². The van der Waals surface area contributed by atoms with Crippen LogP contribution in [0, 0.1) is 0 Å². The molecule has 0 aliphatic heterocycles. The molecule has 0 fully saturated rings. The predicted octanol–water partition coefficient (Wildman–Crippen LogP) is 2.97. The lowest BCUT2D eigenvalue weighted by Crippen LogP contribution is -2.23. The van der Waals surface area contributed by atoms with Gasteiger partial charge in [-0.15, -0.1) is 0 Å². The molecule has 0 saturated carbocycles. The van der Waals surface area contributed by atoms with E-state index in [2.05, 4.69) is 10.3 Å². The van der Waals surface area contributed by atoms with Crippen molar-refractivity contribution in [2.24, 2.45) is 0 Å². The van der Waals surface area contributed by atoms with E-state index in [0.717, 1.165) is 17.5 Å². The van der Waals surface area contributed by atoms with E-state index >= 15 is 0 Å². The maximum absolute atomic E-state index is 12.1. The Labute approximate surface area is 160 Å². The molecule has 1 heterocycles. The van der Waals surface area contributed by atoms with Crippen molar-refractivity contribution in [2.45, 2.75) is 5.03 Å². The van der Waals surface area contributed by atoms with E-state index in [1.807, 2.05) is 30.3 Å². The molecule has 1 amide bonds. The van der Waals surface area contributed by atoms with Crippen molar-refractivity contribution in [1.29, 1.82) is 0 Å². The number of amides is 1. The van der Waals surface area contributed by atoms with Crippen LogP contribution in [0.2, 0.25) is 0 Å². The summed E-state index contributed by atoms with van der Waals surface area (Å²) in [6, 6.07) is 19.3. The monoisotopic (exact) mass is 379 g/mol. The van der Waals surface area contributed by atoms with Crippen LogP contribution in [0.15, 0.2) is 78.0 Å². The average Bonchev–Trinajstić information content (AvgIpc) is 2.69. The molecule has 0 saturated heterocycles. The number of carboxylic acids is 1. The van der Waals surface area contributed by atoms with Crippen LogP contribution in [0.1, 0.15) is 10.4 Å². The smallest absolute Gasteiger partial charge is 0.234 e. The lowest BCUT2D eigenvalue weighted by atomic mass is 10.3. The molecule has 27 heavy (non-hydrogen) atoms. The number of carboxylic acid groups (broad SMARTS) is 1. The van der Waals surface area contributed by atoms with E-state index < -0.39 is 5.97 Å². The van der Waals surface area contributed by atoms with E-state index in [0.29, 0.717) is 11.4 Å². The number of anilines is 1. The van der Waals surface area contributed by atoms with Crippen molar-refractivity contribution in [3.8, 4) is 11.5 Å². The average molecular weight is 379 g/mol. The lowest BCUT2D eigenvalue weighted by molar-refractivity contribution is -0.255. The second-order valence-electron chi connectivity index (χ2n) is 5.42. The predicted molar refractivity (Wildman–Crippen MR) is 101 cm³/mol. The summed E-state index contributed by atoms with van der Waals surface area (Å²) < 4.78 is 5.69. The van der Waals surface area contributed by atoms with Gasteiger partial charge in [0.15, 0.2) is 0 Å². The van der Waals surface area contributed by atoms with Crippen LogP contribution in [-0.2, 0) is 4.79 Å². The summed E-state index contributed by atoms with van der Waals surface area (Å²) in [7, 11) is 0. The van der Waals surface area contributed by atoms with Gasteiger partial charge in [-0.3, -0.25) is 4.79 Å². The number of benzene rings is 2. The standard InChI is InChI=1S/C20H16N2O4S/c23-18(13-27-19-17(20(24)25)7-4-12-21-19)22-14-8-10-16(11-9-14)26-15-5-2-1-3-6-15/h1-12H,13H2,(H,22,23)(H,24,25)/p-1. The van der Waals surface area contributed by atoms with Gasteiger partial charge in [-0.05, 0) is 48.5 Å². The highest BCUT2D eigenvalue weighted by Crippen LogP contribution is 2.23. The van der Waals surface area contributed by atoms with Crippen molar-refractivity contribution in [1.82, 2.24) is 4.98 Å². The number of nitrogens with one attached hydrogen (secondary N) is 1. The SMILES string of the molecule is O=C(CSc1ncccc1C(=O)[O-])Nc1ccc(Oc2ccccc2)cc1. The number of hydrogen-bond donors (Lipinski definition) is 1. The fourth-order valence-corrected chi connectivity index (χ4v) is 3.01. The highest BCUT2D eigenvalue weighted by atomic mass is 32.2. The Kier molecular flexibility index (Phi) is 6.06. The van der Waals surface area contributed by atoms with Crippen LogP contribution in [0.25, 0.3) is 0 Å². The molecule has 0 unspecified atom stereocenters. The number of carbonyl (C=O) groups excluding carboxylic acids is 2. The van der Waals surface area contributed by atoms with Gasteiger partial charge in [0.1, 0.15) is 16.5 Å². The molecule has 1 N–H and O–H groups in total.